The van der Waals surface area contributed by atoms with E-state index in [0.29, 0.717) is 30.3 Å². The molecule has 1 amide bonds. The predicted molar refractivity (Wildman–Crippen MR) is 126 cm³/mol. The number of ketones is 1. The minimum absolute atomic E-state index is 0.0656. The fraction of sp³-hybridized carbons (Fsp3) is 0.222. The number of aromatic nitrogens is 1. The van der Waals surface area contributed by atoms with Crippen LogP contribution in [0, 0.1) is 0 Å². The van der Waals surface area contributed by atoms with E-state index in [1.807, 2.05) is 55.4 Å². The second kappa shape index (κ2) is 9.13. The summed E-state index contributed by atoms with van der Waals surface area (Å²) < 4.78 is 11.2. The number of carbonyl (C=O) groups is 2. The number of anilines is 1. The predicted octanol–water partition coefficient (Wildman–Crippen LogP) is 1.76. The Labute approximate surface area is 203 Å². The molecule has 8 heteroatoms. The highest BCUT2D eigenvalue weighted by Gasteiger charge is 2.44. The first-order valence-corrected chi connectivity index (χ1v) is 11.3. The van der Waals surface area contributed by atoms with Crippen LogP contribution in [0.5, 0.6) is 11.5 Å². The molecular weight excluding hydrogens is 446 g/mol. The van der Waals surface area contributed by atoms with Gasteiger partial charge in [-0.2, -0.15) is 0 Å². The Balaban J connectivity index is 1.62. The average molecular weight is 472 g/mol. The number of pyridine rings is 1. The van der Waals surface area contributed by atoms with Crippen LogP contribution >= 0.6 is 0 Å². The topological polar surface area (TPSA) is 96.3 Å². The third kappa shape index (κ3) is 4.19. The Morgan fingerprint density at radius 3 is 2.49 bits per heavy atom. The van der Waals surface area contributed by atoms with Crippen molar-refractivity contribution in [2.45, 2.75) is 12.6 Å². The second-order valence-corrected chi connectivity index (χ2v) is 8.66. The molecule has 2 aromatic carbocycles. The Morgan fingerprint density at radius 2 is 1.80 bits per heavy atom. The smallest absolute Gasteiger partial charge is 0.295 e. The lowest BCUT2D eigenvalue weighted by molar-refractivity contribution is -0.378. The average Bonchev–Trinajstić information content (AvgIpc) is 3.13. The number of ether oxygens (including phenoxy) is 2. The van der Waals surface area contributed by atoms with Crippen molar-refractivity contribution in [2.24, 2.45) is 0 Å². The molecule has 0 spiro atoms. The van der Waals surface area contributed by atoms with Gasteiger partial charge in [0.15, 0.2) is 23.9 Å². The number of Topliss-reactive ketones (excluding diaryl/α,β-unsaturated/α-hetero) is 1. The normalized spacial score (nSPS) is 18.6. The Bertz CT molecular complexity index is 1300. The summed E-state index contributed by atoms with van der Waals surface area (Å²) in [6.07, 6.45) is 3.53. The molecule has 178 valence electrons. The number of likely N-dealkylation sites (tertiary alicyclic amines) is 1. The maximum atomic E-state index is 13.7. The van der Waals surface area contributed by atoms with Crippen LogP contribution in [0.25, 0.3) is 5.76 Å². The first-order chi connectivity index (χ1) is 16.9. The molecule has 1 saturated heterocycles. The first-order valence-electron chi connectivity index (χ1n) is 11.3. The quantitative estimate of drug-likeness (QED) is 0.320. The lowest BCUT2D eigenvalue weighted by Gasteiger charge is -2.28. The lowest BCUT2D eigenvalue weighted by Crippen LogP contribution is -2.29. The van der Waals surface area contributed by atoms with Crippen molar-refractivity contribution in [1.82, 2.24) is 4.90 Å². The number of carbonyl (C=O) groups excluding carboxylic acids is 2. The summed E-state index contributed by atoms with van der Waals surface area (Å²) in [5.41, 5.74) is 2.68. The summed E-state index contributed by atoms with van der Waals surface area (Å²) in [5, 5.41) is 13.7. The first kappa shape index (κ1) is 22.5. The SMILES string of the molecule is CN(C)c1ccc(C2/C(=C(\[O-])c3ccc4c(c3)OCCO4)C(=O)C(=O)N2Cc2ccc[nH+]c2)cc1. The van der Waals surface area contributed by atoms with Gasteiger partial charge < -0.3 is 24.4 Å². The number of hydrogen-bond acceptors (Lipinski definition) is 6. The van der Waals surface area contributed by atoms with Crippen molar-refractivity contribution < 1.29 is 29.2 Å². The summed E-state index contributed by atoms with van der Waals surface area (Å²) in [6.45, 7) is 0.989. The minimum atomic E-state index is -0.813. The van der Waals surface area contributed by atoms with Crippen molar-refractivity contribution in [3.63, 3.8) is 0 Å². The number of benzene rings is 2. The van der Waals surface area contributed by atoms with Crippen molar-refractivity contribution in [3.05, 3.63) is 89.3 Å². The number of hydrogen-bond donors (Lipinski definition) is 0. The third-order valence-electron chi connectivity index (χ3n) is 6.18. The van der Waals surface area contributed by atoms with Gasteiger partial charge >= 0.3 is 0 Å². The van der Waals surface area contributed by atoms with Crippen LogP contribution in [0.4, 0.5) is 5.69 Å². The van der Waals surface area contributed by atoms with E-state index >= 15 is 0 Å². The Kier molecular flexibility index (Phi) is 5.86. The third-order valence-corrected chi connectivity index (χ3v) is 6.18. The van der Waals surface area contributed by atoms with Gasteiger partial charge in [-0.1, -0.05) is 24.0 Å². The van der Waals surface area contributed by atoms with Gasteiger partial charge in [-0.15, -0.1) is 0 Å². The molecule has 0 aliphatic carbocycles. The number of rotatable bonds is 5. The number of nitrogens with one attached hydrogen (secondary N) is 1. The van der Waals surface area contributed by atoms with Crippen LogP contribution in [0.1, 0.15) is 22.7 Å². The van der Waals surface area contributed by atoms with Gasteiger partial charge in [0, 0.05) is 37.0 Å². The van der Waals surface area contributed by atoms with Crippen LogP contribution in [-0.4, -0.2) is 43.9 Å². The summed E-state index contributed by atoms with van der Waals surface area (Å²) in [7, 11) is 3.86. The molecule has 0 radical (unpaired) electrons. The van der Waals surface area contributed by atoms with Crippen LogP contribution in [0.3, 0.4) is 0 Å². The molecule has 8 nitrogen and oxygen atoms in total. The highest BCUT2D eigenvalue weighted by atomic mass is 16.6. The van der Waals surface area contributed by atoms with Gasteiger partial charge in [0.1, 0.15) is 13.2 Å². The van der Waals surface area contributed by atoms with E-state index in [0.717, 1.165) is 11.3 Å². The van der Waals surface area contributed by atoms with Gasteiger partial charge in [0.05, 0.1) is 12.6 Å². The lowest BCUT2D eigenvalue weighted by atomic mass is 9.94. The van der Waals surface area contributed by atoms with Crippen molar-refractivity contribution >= 4 is 23.1 Å². The summed E-state index contributed by atoms with van der Waals surface area (Å²) in [5.74, 6) is -0.987. The molecule has 1 aromatic heterocycles. The van der Waals surface area contributed by atoms with Crippen molar-refractivity contribution in [2.75, 3.05) is 32.2 Å². The second-order valence-electron chi connectivity index (χ2n) is 8.66. The molecular formula is C27H25N3O5. The fourth-order valence-electron chi connectivity index (χ4n) is 4.40. The largest absolute Gasteiger partial charge is 0.872 e. The molecule has 1 fully saturated rings. The Hall–Kier alpha value is -4.33. The number of nitrogens with zero attached hydrogens (tertiary/aromatic N) is 2. The monoisotopic (exact) mass is 471 g/mol. The molecule has 1 unspecified atom stereocenters. The zero-order chi connectivity index (χ0) is 24.5. The molecule has 0 bridgehead atoms. The highest BCUT2D eigenvalue weighted by molar-refractivity contribution is 6.46. The van der Waals surface area contributed by atoms with Gasteiger partial charge in [0.25, 0.3) is 5.91 Å². The van der Waals surface area contributed by atoms with E-state index in [1.165, 1.54) is 4.90 Å². The molecule has 2 aliphatic heterocycles. The summed E-state index contributed by atoms with van der Waals surface area (Å²) >= 11 is 0. The molecule has 35 heavy (non-hydrogen) atoms. The molecule has 3 heterocycles. The van der Waals surface area contributed by atoms with Crippen LogP contribution in [0.2, 0.25) is 0 Å². The van der Waals surface area contributed by atoms with E-state index in [1.54, 1.807) is 30.6 Å². The van der Waals surface area contributed by atoms with E-state index in [2.05, 4.69) is 4.98 Å². The zero-order valence-electron chi connectivity index (χ0n) is 19.5. The molecule has 0 saturated carbocycles. The van der Waals surface area contributed by atoms with Gasteiger partial charge in [-0.3, -0.25) is 9.59 Å². The molecule has 2 aliphatic rings. The maximum Gasteiger partial charge on any atom is 0.295 e. The maximum absolute atomic E-state index is 13.7. The van der Waals surface area contributed by atoms with Gasteiger partial charge in [-0.05, 0) is 41.5 Å². The molecule has 1 N–H and O–H groups in total. The summed E-state index contributed by atoms with van der Waals surface area (Å²) in [4.78, 5) is 32.8. The van der Waals surface area contributed by atoms with E-state index in [-0.39, 0.29) is 17.7 Å². The standard InChI is InChI=1S/C27H25N3O5/c1-29(2)20-8-5-18(6-9-20)24-23(25(31)19-7-10-21-22(14-19)35-13-12-34-21)26(32)27(33)30(24)16-17-4-3-11-28-15-17/h3-11,14-15,24,31H,12-13,16H2,1-2H3/b25-23+. The minimum Gasteiger partial charge on any atom is -0.872 e. The number of fused-ring (bicyclic) bond motifs is 1. The highest BCUT2D eigenvalue weighted by Crippen LogP contribution is 2.41. The molecule has 1 atom stereocenters. The number of H-pyrrole nitrogens is 1. The van der Waals surface area contributed by atoms with Gasteiger partial charge in [-0.25, -0.2) is 4.98 Å². The van der Waals surface area contributed by atoms with Crippen molar-refractivity contribution in [3.8, 4) is 11.5 Å². The number of aromatic amines is 1. The Morgan fingerprint density at radius 1 is 1.06 bits per heavy atom. The van der Waals surface area contributed by atoms with Crippen LogP contribution in [0.15, 0.2) is 72.6 Å². The summed E-state index contributed by atoms with van der Waals surface area (Å²) in [6, 6.07) is 15.2. The van der Waals surface area contributed by atoms with E-state index in [4.69, 9.17) is 9.47 Å². The van der Waals surface area contributed by atoms with Crippen molar-refractivity contribution in [1.29, 1.82) is 0 Å². The number of amides is 1. The van der Waals surface area contributed by atoms with Crippen LogP contribution in [-0.2, 0) is 16.1 Å². The van der Waals surface area contributed by atoms with Gasteiger partial charge in [0.2, 0.25) is 5.78 Å². The fourth-order valence-corrected chi connectivity index (χ4v) is 4.40. The molecule has 3 aromatic rings. The molecule has 5 rings (SSSR count). The zero-order valence-corrected chi connectivity index (χ0v) is 19.5. The van der Waals surface area contributed by atoms with Crippen LogP contribution < -0.4 is 24.5 Å². The van der Waals surface area contributed by atoms with E-state index < -0.39 is 23.5 Å². The van der Waals surface area contributed by atoms with E-state index in [9.17, 15) is 14.7 Å².